The maximum Gasteiger partial charge on any atom is 0.166 e. The lowest BCUT2D eigenvalue weighted by Crippen LogP contribution is -2.36. The summed E-state index contributed by atoms with van der Waals surface area (Å²) in [7, 11) is 0. The third kappa shape index (κ3) is 5.36. The van der Waals surface area contributed by atoms with E-state index in [4.69, 9.17) is 12.2 Å². The highest BCUT2D eigenvalue weighted by Crippen LogP contribution is 2.29. The number of nitrogens with one attached hydrogen (secondary N) is 2. The van der Waals surface area contributed by atoms with Gasteiger partial charge in [0.05, 0.1) is 0 Å². The zero-order valence-corrected chi connectivity index (χ0v) is 10.8. The van der Waals surface area contributed by atoms with E-state index in [1.165, 1.54) is 32.1 Å². The van der Waals surface area contributed by atoms with E-state index in [9.17, 15) is 0 Å². The average molecular weight is 228 g/mol. The van der Waals surface area contributed by atoms with Gasteiger partial charge in [-0.15, -0.1) is 0 Å². The third-order valence-electron chi connectivity index (χ3n) is 3.31. The Morgan fingerprint density at radius 2 is 1.87 bits per heavy atom. The SMILES string of the molecule is CCNC(=S)NCCC1CCC(C)CC1. The lowest BCUT2D eigenvalue weighted by Gasteiger charge is -2.26. The summed E-state index contributed by atoms with van der Waals surface area (Å²) in [6, 6.07) is 0. The number of thiocarbonyl (C=S) groups is 1. The molecule has 2 N–H and O–H groups in total. The molecule has 0 aromatic carbocycles. The summed E-state index contributed by atoms with van der Waals surface area (Å²) in [5.41, 5.74) is 0. The Bertz CT molecular complexity index is 186. The normalized spacial score (nSPS) is 26.0. The molecule has 0 radical (unpaired) electrons. The van der Waals surface area contributed by atoms with Crippen LogP contribution in [0, 0.1) is 11.8 Å². The van der Waals surface area contributed by atoms with Crippen molar-refractivity contribution in [3.63, 3.8) is 0 Å². The van der Waals surface area contributed by atoms with Crippen LogP contribution >= 0.6 is 12.2 Å². The highest BCUT2D eigenvalue weighted by atomic mass is 32.1. The molecular weight excluding hydrogens is 204 g/mol. The van der Waals surface area contributed by atoms with Crippen molar-refractivity contribution in [2.45, 2.75) is 46.0 Å². The second-order valence-electron chi connectivity index (χ2n) is 4.70. The molecule has 2 nitrogen and oxygen atoms in total. The molecule has 0 bridgehead atoms. The monoisotopic (exact) mass is 228 g/mol. The van der Waals surface area contributed by atoms with Crippen LogP contribution in [-0.2, 0) is 0 Å². The maximum atomic E-state index is 5.12. The predicted molar refractivity (Wildman–Crippen MR) is 70.0 cm³/mol. The lowest BCUT2D eigenvalue weighted by atomic mass is 9.81. The molecule has 0 atom stereocenters. The Morgan fingerprint density at radius 1 is 1.20 bits per heavy atom. The summed E-state index contributed by atoms with van der Waals surface area (Å²) in [6.07, 6.45) is 6.94. The summed E-state index contributed by atoms with van der Waals surface area (Å²) in [6.45, 7) is 6.38. The van der Waals surface area contributed by atoms with E-state index >= 15 is 0 Å². The molecule has 0 unspecified atom stereocenters. The van der Waals surface area contributed by atoms with Crippen LogP contribution in [0.15, 0.2) is 0 Å². The topological polar surface area (TPSA) is 24.1 Å². The molecule has 0 aromatic rings. The second-order valence-corrected chi connectivity index (χ2v) is 5.11. The molecule has 0 spiro atoms. The average Bonchev–Trinajstić information content (AvgIpc) is 2.21. The zero-order chi connectivity index (χ0) is 11.1. The van der Waals surface area contributed by atoms with E-state index in [1.54, 1.807) is 0 Å². The van der Waals surface area contributed by atoms with Gasteiger partial charge in [-0.3, -0.25) is 0 Å². The van der Waals surface area contributed by atoms with Gasteiger partial charge in [0, 0.05) is 13.1 Å². The van der Waals surface area contributed by atoms with Crippen molar-refractivity contribution in [2.24, 2.45) is 11.8 Å². The summed E-state index contributed by atoms with van der Waals surface area (Å²) in [5, 5.41) is 7.18. The van der Waals surface area contributed by atoms with Gasteiger partial charge in [-0.05, 0) is 37.4 Å². The molecule has 1 saturated carbocycles. The molecule has 1 aliphatic rings. The van der Waals surface area contributed by atoms with Crippen molar-refractivity contribution in [3.8, 4) is 0 Å². The van der Waals surface area contributed by atoms with Gasteiger partial charge in [0.1, 0.15) is 0 Å². The quantitative estimate of drug-likeness (QED) is 0.724. The molecule has 1 aliphatic carbocycles. The van der Waals surface area contributed by atoms with Crippen molar-refractivity contribution in [3.05, 3.63) is 0 Å². The molecular formula is C12H24N2S. The van der Waals surface area contributed by atoms with Crippen LogP contribution in [-0.4, -0.2) is 18.2 Å². The molecule has 0 saturated heterocycles. The summed E-state index contributed by atoms with van der Waals surface area (Å²) in [4.78, 5) is 0. The van der Waals surface area contributed by atoms with Crippen molar-refractivity contribution in [1.29, 1.82) is 0 Å². The van der Waals surface area contributed by atoms with Crippen LogP contribution in [0.2, 0.25) is 0 Å². The molecule has 1 fully saturated rings. The van der Waals surface area contributed by atoms with Gasteiger partial charge in [0.15, 0.2) is 5.11 Å². The van der Waals surface area contributed by atoms with Crippen molar-refractivity contribution in [1.82, 2.24) is 10.6 Å². The van der Waals surface area contributed by atoms with Gasteiger partial charge in [0.25, 0.3) is 0 Å². The Morgan fingerprint density at radius 3 is 2.47 bits per heavy atom. The van der Waals surface area contributed by atoms with E-state index in [-0.39, 0.29) is 0 Å². The van der Waals surface area contributed by atoms with Gasteiger partial charge in [-0.1, -0.05) is 32.6 Å². The number of rotatable bonds is 4. The molecule has 15 heavy (non-hydrogen) atoms. The minimum absolute atomic E-state index is 0.807. The highest BCUT2D eigenvalue weighted by Gasteiger charge is 2.17. The molecule has 0 amide bonds. The van der Waals surface area contributed by atoms with Gasteiger partial charge in [-0.2, -0.15) is 0 Å². The minimum Gasteiger partial charge on any atom is -0.363 e. The minimum atomic E-state index is 0.807. The highest BCUT2D eigenvalue weighted by molar-refractivity contribution is 7.80. The van der Waals surface area contributed by atoms with Crippen LogP contribution in [0.5, 0.6) is 0 Å². The lowest BCUT2D eigenvalue weighted by molar-refractivity contribution is 0.278. The molecule has 3 heteroatoms. The van der Waals surface area contributed by atoms with Gasteiger partial charge >= 0.3 is 0 Å². The van der Waals surface area contributed by atoms with Crippen LogP contribution in [0.1, 0.15) is 46.0 Å². The Kier molecular flexibility index (Phi) is 5.99. The van der Waals surface area contributed by atoms with E-state index < -0.39 is 0 Å². The van der Waals surface area contributed by atoms with E-state index in [0.717, 1.165) is 30.0 Å². The maximum absolute atomic E-state index is 5.12. The van der Waals surface area contributed by atoms with Crippen LogP contribution in [0.3, 0.4) is 0 Å². The fraction of sp³-hybridized carbons (Fsp3) is 0.917. The first kappa shape index (κ1) is 12.8. The van der Waals surface area contributed by atoms with E-state index in [2.05, 4.69) is 24.5 Å². The molecule has 1 rings (SSSR count). The van der Waals surface area contributed by atoms with Crippen molar-refractivity contribution >= 4 is 17.3 Å². The van der Waals surface area contributed by atoms with Crippen LogP contribution < -0.4 is 10.6 Å². The first-order valence-electron chi connectivity index (χ1n) is 6.24. The largest absolute Gasteiger partial charge is 0.363 e. The smallest absolute Gasteiger partial charge is 0.166 e. The second kappa shape index (κ2) is 7.04. The summed E-state index contributed by atoms with van der Waals surface area (Å²) in [5.74, 6) is 1.88. The fourth-order valence-corrected chi connectivity index (χ4v) is 2.48. The van der Waals surface area contributed by atoms with Crippen LogP contribution in [0.25, 0.3) is 0 Å². The Balaban J connectivity index is 2.02. The molecule has 0 heterocycles. The predicted octanol–water partition coefficient (Wildman–Crippen LogP) is 2.69. The fourth-order valence-electron chi connectivity index (χ4n) is 2.23. The zero-order valence-electron chi connectivity index (χ0n) is 10.0. The van der Waals surface area contributed by atoms with Gasteiger partial charge in [-0.25, -0.2) is 0 Å². The van der Waals surface area contributed by atoms with Crippen molar-refractivity contribution < 1.29 is 0 Å². The van der Waals surface area contributed by atoms with Crippen LogP contribution in [0.4, 0.5) is 0 Å². The standard InChI is InChI=1S/C12H24N2S/c1-3-13-12(15)14-9-8-11-6-4-10(2)5-7-11/h10-11H,3-9H2,1-2H3,(H2,13,14,15). The molecule has 0 aromatic heterocycles. The summed E-state index contributed by atoms with van der Waals surface area (Å²) >= 11 is 5.12. The Labute approximate surface area is 99.2 Å². The first-order valence-corrected chi connectivity index (χ1v) is 6.65. The van der Waals surface area contributed by atoms with Gasteiger partial charge < -0.3 is 10.6 Å². The van der Waals surface area contributed by atoms with E-state index in [0.29, 0.717) is 0 Å². The summed E-state index contributed by atoms with van der Waals surface area (Å²) < 4.78 is 0. The molecule has 0 aliphatic heterocycles. The van der Waals surface area contributed by atoms with Gasteiger partial charge in [0.2, 0.25) is 0 Å². The Hall–Kier alpha value is -0.310. The third-order valence-corrected chi connectivity index (χ3v) is 3.60. The first-order chi connectivity index (χ1) is 7.22. The van der Waals surface area contributed by atoms with Crippen molar-refractivity contribution in [2.75, 3.05) is 13.1 Å². The number of hydrogen-bond acceptors (Lipinski definition) is 1. The molecule has 88 valence electrons. The van der Waals surface area contributed by atoms with E-state index in [1.807, 2.05) is 0 Å². The number of hydrogen-bond donors (Lipinski definition) is 2.